The number of fused-ring (bicyclic) bond motifs is 2. The van der Waals surface area contributed by atoms with E-state index in [-0.39, 0.29) is 12.0 Å². The largest absolute Gasteiger partial charge is 0.473 e. The van der Waals surface area contributed by atoms with Crippen molar-refractivity contribution in [3.8, 4) is 23.1 Å². The number of nitriles is 1. The average Bonchev–Trinajstić information content (AvgIpc) is 4.07. The zero-order valence-corrected chi connectivity index (χ0v) is 42.7. The van der Waals surface area contributed by atoms with Gasteiger partial charge in [0.1, 0.15) is 6.10 Å². The highest BCUT2D eigenvalue weighted by Gasteiger charge is 2.46. The molecule has 12 rings (SSSR count). The first-order valence-electron chi connectivity index (χ1n) is 27.0. The van der Waals surface area contributed by atoms with E-state index in [1.54, 1.807) is 6.92 Å². The Hall–Kier alpha value is -5.94. The van der Waals surface area contributed by atoms with Crippen LogP contribution in [0.4, 0.5) is 23.0 Å². The number of rotatable bonds is 8. The standard InChI is InChI=1S/C57H72N12O2/c1-38-27-46(9-8-43(38)33-58)68-37-57(32-40(68)3)19-25-65(26-20-57)53-10-11-54(61-60-53)71-48-30-47(31-48)64-23-17-56(18-24-64)15-12-45(13-16-56)69-51-14-22-66(41(4)70)36-50(51)55(62-69)67-21-6-7-42-29-49(39(2)28-52(42)67)44-34-59-63(5)35-44/h8-11,27-29,34-35,40,45,47-48H,6-7,12-26,30-32,36-37H2,1-5H3/t40-,47?,48?/m0/s1. The van der Waals surface area contributed by atoms with Crippen LogP contribution in [0.25, 0.3) is 11.1 Å². The van der Waals surface area contributed by atoms with Gasteiger partial charge in [-0.1, -0.05) is 0 Å². The number of likely N-dealkylation sites (tertiary alicyclic amines) is 1. The number of anilines is 4. The van der Waals surface area contributed by atoms with Crippen LogP contribution in [0.5, 0.6) is 5.88 Å². The number of amides is 1. The van der Waals surface area contributed by atoms with E-state index in [0.717, 1.165) is 106 Å². The smallest absolute Gasteiger partial charge is 0.233 e. The van der Waals surface area contributed by atoms with Gasteiger partial charge in [0.05, 0.1) is 30.4 Å². The van der Waals surface area contributed by atoms with Crippen LogP contribution in [-0.2, 0) is 31.2 Å². The zero-order valence-electron chi connectivity index (χ0n) is 42.7. The predicted octanol–water partition coefficient (Wildman–Crippen LogP) is 9.24. The molecule has 2 aromatic carbocycles. The Balaban J connectivity index is 0.627. The van der Waals surface area contributed by atoms with Gasteiger partial charge < -0.3 is 29.2 Å². The second kappa shape index (κ2) is 18.3. The van der Waals surface area contributed by atoms with E-state index in [1.807, 2.05) is 41.9 Å². The van der Waals surface area contributed by atoms with Crippen LogP contribution >= 0.6 is 0 Å². The molecule has 2 spiro atoms. The Morgan fingerprint density at radius 2 is 1.65 bits per heavy atom. The fourth-order valence-electron chi connectivity index (χ4n) is 14.2. The number of benzene rings is 2. The molecule has 0 N–H and O–H groups in total. The van der Waals surface area contributed by atoms with Crippen LogP contribution in [0.3, 0.4) is 0 Å². The maximum Gasteiger partial charge on any atom is 0.233 e. The number of hydrogen-bond acceptors (Lipinski definition) is 11. The van der Waals surface area contributed by atoms with Crippen LogP contribution in [0.1, 0.15) is 130 Å². The Bertz CT molecular complexity index is 2830. The monoisotopic (exact) mass is 957 g/mol. The zero-order chi connectivity index (χ0) is 48.6. The van der Waals surface area contributed by atoms with Gasteiger partial charge in [-0.3, -0.25) is 14.2 Å². The topological polar surface area (TPSA) is 128 Å². The van der Waals surface area contributed by atoms with Gasteiger partial charge in [-0.15, -0.1) is 10.2 Å². The molecule has 2 aliphatic carbocycles. The van der Waals surface area contributed by atoms with Crippen molar-refractivity contribution in [1.82, 2.24) is 39.6 Å². The van der Waals surface area contributed by atoms with Crippen molar-refractivity contribution < 1.29 is 9.53 Å². The predicted molar refractivity (Wildman–Crippen MR) is 277 cm³/mol. The molecule has 1 atom stereocenters. The van der Waals surface area contributed by atoms with Crippen molar-refractivity contribution in [3.63, 3.8) is 0 Å². The van der Waals surface area contributed by atoms with E-state index >= 15 is 0 Å². The molecule has 0 unspecified atom stereocenters. The lowest BCUT2D eigenvalue weighted by atomic mass is 9.66. The third-order valence-electron chi connectivity index (χ3n) is 18.6. The number of carbonyl (C=O) groups is 1. The quantitative estimate of drug-likeness (QED) is 0.148. The third-order valence-corrected chi connectivity index (χ3v) is 18.6. The summed E-state index contributed by atoms with van der Waals surface area (Å²) < 4.78 is 10.7. The van der Waals surface area contributed by atoms with E-state index in [4.69, 9.17) is 9.84 Å². The summed E-state index contributed by atoms with van der Waals surface area (Å²) in [5.74, 6) is 2.80. The number of aryl methyl sites for hydroxylation is 4. The van der Waals surface area contributed by atoms with Crippen LogP contribution in [-0.4, -0.2) is 109 Å². The first-order valence-corrected chi connectivity index (χ1v) is 27.0. The van der Waals surface area contributed by atoms with E-state index < -0.39 is 0 Å². The van der Waals surface area contributed by atoms with E-state index in [0.29, 0.717) is 41.4 Å². The van der Waals surface area contributed by atoms with Gasteiger partial charge >= 0.3 is 0 Å². The highest BCUT2D eigenvalue weighted by molar-refractivity contribution is 5.78. The third kappa shape index (κ3) is 8.63. The van der Waals surface area contributed by atoms with Gasteiger partial charge in [0, 0.05) is 119 Å². The fraction of sp³-hybridized carbons (Fsp3) is 0.579. The van der Waals surface area contributed by atoms with Gasteiger partial charge in [-0.05, 0) is 174 Å². The molecule has 8 heterocycles. The molecule has 5 aromatic rings. The van der Waals surface area contributed by atoms with Gasteiger partial charge in [0.15, 0.2) is 11.6 Å². The lowest BCUT2D eigenvalue weighted by Gasteiger charge is -2.50. The molecule has 3 aromatic heterocycles. The molecule has 2 saturated carbocycles. The van der Waals surface area contributed by atoms with Crippen LogP contribution < -0.4 is 19.4 Å². The Labute approximate surface area is 419 Å². The molecular weight excluding hydrogens is 885 g/mol. The maximum absolute atomic E-state index is 12.8. The van der Waals surface area contributed by atoms with Crippen molar-refractivity contribution >= 4 is 28.9 Å². The summed E-state index contributed by atoms with van der Waals surface area (Å²) in [7, 11) is 1.98. The highest BCUT2D eigenvalue weighted by atomic mass is 16.5. The first kappa shape index (κ1) is 46.2. The molecular formula is C57H72N12O2. The SMILES string of the molecule is CC(=O)N1CCc2c(c(N3CCCc4cc(-c5cnn(C)c5)c(C)cc43)nn2C2CCC3(CC2)CCN(C2CC(Oc4ccc(N5CCC6(CC5)C[C@H](C)N(c5ccc(C#N)c(C)c5)C6)nn4)C2)CC3)C1. The molecule has 372 valence electrons. The summed E-state index contributed by atoms with van der Waals surface area (Å²) >= 11 is 0. The minimum atomic E-state index is 0.145. The summed E-state index contributed by atoms with van der Waals surface area (Å²) in [6.07, 6.45) is 20.3. The van der Waals surface area contributed by atoms with Crippen molar-refractivity contribution in [2.45, 2.75) is 148 Å². The second-order valence-corrected chi connectivity index (χ2v) is 23.0. The summed E-state index contributed by atoms with van der Waals surface area (Å²) in [4.78, 5) is 25.0. The maximum atomic E-state index is 12.8. The van der Waals surface area contributed by atoms with Gasteiger partial charge in [-0.25, -0.2) is 0 Å². The second-order valence-electron chi connectivity index (χ2n) is 23.0. The van der Waals surface area contributed by atoms with Crippen LogP contribution in [0, 0.1) is 36.0 Å². The van der Waals surface area contributed by atoms with E-state index in [2.05, 4.69) is 96.0 Å². The average molecular weight is 957 g/mol. The van der Waals surface area contributed by atoms with E-state index in [1.165, 1.54) is 97.4 Å². The minimum absolute atomic E-state index is 0.145. The number of hydrogen-bond donors (Lipinski definition) is 0. The summed E-state index contributed by atoms with van der Waals surface area (Å²) in [5.41, 5.74) is 12.7. The number of nitrogens with zero attached hydrogens (tertiary/aromatic N) is 12. The number of piperidine rings is 2. The van der Waals surface area contributed by atoms with Crippen LogP contribution in [0.2, 0.25) is 0 Å². The molecule has 1 amide bonds. The van der Waals surface area contributed by atoms with E-state index in [9.17, 15) is 10.1 Å². The molecule has 71 heavy (non-hydrogen) atoms. The number of carbonyl (C=O) groups excluding carboxylic acids is 1. The molecule has 3 saturated heterocycles. The molecule has 5 aliphatic heterocycles. The van der Waals surface area contributed by atoms with Crippen molar-refractivity contribution in [2.75, 3.05) is 60.5 Å². The van der Waals surface area contributed by atoms with Crippen molar-refractivity contribution in [2.24, 2.45) is 17.9 Å². The number of aromatic nitrogens is 6. The van der Waals surface area contributed by atoms with Crippen molar-refractivity contribution in [3.05, 3.63) is 88.4 Å². The number of ether oxygens (including phenoxy) is 1. The normalized spacial score (nSPS) is 24.2. The molecule has 5 fully saturated rings. The Morgan fingerprint density at radius 3 is 2.35 bits per heavy atom. The molecule has 14 heteroatoms. The molecule has 14 nitrogen and oxygen atoms in total. The van der Waals surface area contributed by atoms with Gasteiger partial charge in [-0.2, -0.15) is 15.5 Å². The summed E-state index contributed by atoms with van der Waals surface area (Å²) in [5, 5.41) is 28.7. The van der Waals surface area contributed by atoms with Gasteiger partial charge in [0.2, 0.25) is 11.8 Å². The summed E-state index contributed by atoms with van der Waals surface area (Å²) in [6, 6.07) is 18.9. The highest BCUT2D eigenvalue weighted by Crippen LogP contribution is 2.51. The molecule has 0 bridgehead atoms. The summed E-state index contributed by atoms with van der Waals surface area (Å²) in [6.45, 7) is 16.1. The first-order chi connectivity index (χ1) is 34.4. The Morgan fingerprint density at radius 1 is 0.859 bits per heavy atom. The lowest BCUT2D eigenvalue weighted by Crippen LogP contribution is -2.53. The Kier molecular flexibility index (Phi) is 11.9. The minimum Gasteiger partial charge on any atom is -0.473 e. The van der Waals surface area contributed by atoms with Crippen molar-refractivity contribution in [1.29, 1.82) is 5.26 Å². The molecule has 0 radical (unpaired) electrons. The van der Waals surface area contributed by atoms with Crippen LogP contribution in [0.15, 0.2) is 54.9 Å². The van der Waals surface area contributed by atoms with Gasteiger partial charge in [0.25, 0.3) is 0 Å². The lowest BCUT2D eigenvalue weighted by molar-refractivity contribution is -0.129. The fourth-order valence-corrected chi connectivity index (χ4v) is 14.2. The molecule has 7 aliphatic rings.